The van der Waals surface area contributed by atoms with E-state index >= 15 is 0 Å². The predicted octanol–water partition coefficient (Wildman–Crippen LogP) is 14.9. The molecule has 0 aliphatic heterocycles. The van der Waals surface area contributed by atoms with E-state index in [1.54, 1.807) is 0 Å². The minimum absolute atomic E-state index is 0.907. The molecular formula is C52H32O. The molecule has 0 N–H and O–H groups in total. The zero-order valence-corrected chi connectivity index (χ0v) is 28.9. The van der Waals surface area contributed by atoms with E-state index in [4.69, 9.17) is 4.42 Å². The van der Waals surface area contributed by atoms with Crippen LogP contribution in [0.25, 0.3) is 110 Å². The summed E-state index contributed by atoms with van der Waals surface area (Å²) in [6.45, 7) is 0. The second-order valence-corrected chi connectivity index (χ2v) is 14.0. The van der Waals surface area contributed by atoms with Gasteiger partial charge in [-0.15, -0.1) is 0 Å². The minimum atomic E-state index is 0.907. The summed E-state index contributed by atoms with van der Waals surface area (Å²) in [5, 5.41) is 12.2. The summed E-state index contributed by atoms with van der Waals surface area (Å²) in [4.78, 5) is 0. The van der Waals surface area contributed by atoms with Crippen molar-refractivity contribution in [2.75, 3.05) is 0 Å². The van der Waals surface area contributed by atoms with Crippen molar-refractivity contribution in [2.45, 2.75) is 0 Å². The van der Waals surface area contributed by atoms with Gasteiger partial charge in [-0.1, -0.05) is 170 Å². The van der Waals surface area contributed by atoms with Crippen LogP contribution >= 0.6 is 0 Å². The van der Waals surface area contributed by atoms with Gasteiger partial charge in [0.15, 0.2) is 0 Å². The van der Waals surface area contributed by atoms with Gasteiger partial charge in [0.1, 0.15) is 11.2 Å². The molecule has 53 heavy (non-hydrogen) atoms. The summed E-state index contributed by atoms with van der Waals surface area (Å²) in [6, 6.07) is 70.5. The van der Waals surface area contributed by atoms with E-state index < -0.39 is 0 Å². The maximum atomic E-state index is 6.66. The molecule has 0 aliphatic rings. The van der Waals surface area contributed by atoms with E-state index in [1.807, 2.05) is 0 Å². The van der Waals surface area contributed by atoms with Gasteiger partial charge in [0.2, 0.25) is 0 Å². The van der Waals surface area contributed by atoms with Crippen LogP contribution in [0.4, 0.5) is 0 Å². The van der Waals surface area contributed by atoms with Gasteiger partial charge in [-0.2, -0.15) is 0 Å². The zero-order valence-electron chi connectivity index (χ0n) is 28.9. The van der Waals surface area contributed by atoms with Crippen LogP contribution in [0.1, 0.15) is 0 Å². The van der Waals surface area contributed by atoms with Crippen molar-refractivity contribution in [2.24, 2.45) is 0 Å². The first-order valence-electron chi connectivity index (χ1n) is 18.3. The molecule has 0 bridgehead atoms. The van der Waals surface area contributed by atoms with Crippen molar-refractivity contribution in [3.8, 4) is 44.5 Å². The van der Waals surface area contributed by atoms with E-state index in [1.165, 1.54) is 76.5 Å². The lowest BCUT2D eigenvalue weighted by Crippen LogP contribution is -1.91. The second kappa shape index (κ2) is 11.8. The van der Waals surface area contributed by atoms with Crippen molar-refractivity contribution >= 4 is 65.0 Å². The molecule has 1 aromatic heterocycles. The van der Waals surface area contributed by atoms with Crippen LogP contribution in [0.5, 0.6) is 0 Å². The molecular weight excluding hydrogens is 641 g/mol. The summed E-state index contributed by atoms with van der Waals surface area (Å²) in [5.74, 6) is 0. The van der Waals surface area contributed by atoms with Crippen LogP contribution in [-0.2, 0) is 0 Å². The fourth-order valence-electron chi connectivity index (χ4n) is 8.58. The largest absolute Gasteiger partial charge is 0.455 e. The highest BCUT2D eigenvalue weighted by atomic mass is 16.3. The second-order valence-electron chi connectivity index (χ2n) is 14.0. The molecule has 0 aliphatic carbocycles. The lowest BCUT2D eigenvalue weighted by molar-refractivity contribution is 0.670. The molecule has 11 aromatic rings. The molecule has 0 atom stereocenters. The Hall–Kier alpha value is -6.96. The number of para-hydroxylation sites is 1. The molecule has 1 nitrogen and oxygen atoms in total. The van der Waals surface area contributed by atoms with Crippen molar-refractivity contribution in [1.29, 1.82) is 0 Å². The molecule has 0 saturated carbocycles. The van der Waals surface area contributed by atoms with E-state index in [9.17, 15) is 0 Å². The van der Waals surface area contributed by atoms with Gasteiger partial charge in [-0.25, -0.2) is 0 Å². The van der Waals surface area contributed by atoms with Gasteiger partial charge in [0, 0.05) is 16.3 Å². The number of rotatable bonds is 4. The molecule has 0 spiro atoms. The molecule has 0 saturated heterocycles. The van der Waals surface area contributed by atoms with Crippen LogP contribution in [-0.4, -0.2) is 0 Å². The Balaban J connectivity index is 1.15. The SMILES string of the molecule is c1ccc(-c2ccc3ccc(-c4c5ccccc5c(-c5ccc6ccc7oc8c(-c9ccccc9)cccc8c7c6c5)c5ccccc45)cc3c2)cc1. The van der Waals surface area contributed by atoms with Crippen LogP contribution in [0.15, 0.2) is 199 Å². The number of benzene rings is 10. The average molecular weight is 673 g/mol. The molecule has 0 fully saturated rings. The van der Waals surface area contributed by atoms with E-state index in [2.05, 4.69) is 194 Å². The Morgan fingerprint density at radius 2 is 0.792 bits per heavy atom. The molecule has 0 radical (unpaired) electrons. The van der Waals surface area contributed by atoms with Crippen LogP contribution in [0.3, 0.4) is 0 Å². The fraction of sp³-hybridized carbons (Fsp3) is 0. The third-order valence-electron chi connectivity index (χ3n) is 11.0. The monoisotopic (exact) mass is 672 g/mol. The summed E-state index contributed by atoms with van der Waals surface area (Å²) in [6.07, 6.45) is 0. The Labute approximate surface area is 307 Å². The van der Waals surface area contributed by atoms with Crippen molar-refractivity contribution in [3.05, 3.63) is 194 Å². The first-order valence-corrected chi connectivity index (χ1v) is 18.3. The highest BCUT2D eigenvalue weighted by Crippen LogP contribution is 2.46. The van der Waals surface area contributed by atoms with Gasteiger partial charge >= 0.3 is 0 Å². The molecule has 0 unspecified atom stereocenters. The first-order chi connectivity index (χ1) is 26.3. The standard InChI is InChI=1S/C52H32O/c1-3-12-33(13-4-1)37-25-22-34-23-26-38(31-40(34)30-37)49-42-16-7-9-18-44(42)50(45-19-10-8-17-43(45)49)39-27-24-36-28-29-48-51(47(36)32-39)46-21-11-20-41(52(46)53-48)35-14-5-2-6-15-35/h1-32H. The lowest BCUT2D eigenvalue weighted by atomic mass is 9.85. The van der Waals surface area contributed by atoms with Gasteiger partial charge in [-0.05, 0) is 106 Å². The Bertz CT molecular complexity index is 3150. The Kier molecular flexibility index (Phi) is 6.62. The van der Waals surface area contributed by atoms with Crippen molar-refractivity contribution in [3.63, 3.8) is 0 Å². The topological polar surface area (TPSA) is 13.1 Å². The van der Waals surface area contributed by atoms with Crippen molar-refractivity contribution in [1.82, 2.24) is 0 Å². The molecule has 11 rings (SSSR count). The summed E-state index contributed by atoms with van der Waals surface area (Å²) >= 11 is 0. The maximum Gasteiger partial charge on any atom is 0.143 e. The van der Waals surface area contributed by atoms with Gasteiger partial charge in [0.05, 0.1) is 0 Å². The summed E-state index contributed by atoms with van der Waals surface area (Å²) in [5.41, 5.74) is 11.5. The fourth-order valence-corrected chi connectivity index (χ4v) is 8.58. The summed E-state index contributed by atoms with van der Waals surface area (Å²) < 4.78 is 6.66. The normalized spacial score (nSPS) is 11.8. The highest BCUT2D eigenvalue weighted by Gasteiger charge is 2.19. The first kappa shape index (κ1) is 29.7. The van der Waals surface area contributed by atoms with Gasteiger partial charge in [-0.3, -0.25) is 0 Å². The summed E-state index contributed by atoms with van der Waals surface area (Å²) in [7, 11) is 0. The Morgan fingerprint density at radius 1 is 0.283 bits per heavy atom. The number of furan rings is 1. The minimum Gasteiger partial charge on any atom is -0.455 e. The average Bonchev–Trinajstić information content (AvgIpc) is 3.62. The van der Waals surface area contributed by atoms with Gasteiger partial charge in [0.25, 0.3) is 0 Å². The van der Waals surface area contributed by atoms with Crippen LogP contribution in [0.2, 0.25) is 0 Å². The van der Waals surface area contributed by atoms with E-state index in [0.717, 1.165) is 33.1 Å². The third-order valence-corrected chi connectivity index (χ3v) is 11.0. The van der Waals surface area contributed by atoms with Crippen LogP contribution < -0.4 is 0 Å². The number of fused-ring (bicyclic) bond motifs is 8. The Morgan fingerprint density at radius 3 is 1.45 bits per heavy atom. The van der Waals surface area contributed by atoms with E-state index in [0.29, 0.717) is 0 Å². The highest BCUT2D eigenvalue weighted by molar-refractivity contribution is 6.24. The number of hydrogen-bond acceptors (Lipinski definition) is 1. The molecule has 246 valence electrons. The number of hydrogen-bond donors (Lipinski definition) is 0. The lowest BCUT2D eigenvalue weighted by Gasteiger charge is -2.18. The quantitative estimate of drug-likeness (QED) is 0.170. The third kappa shape index (κ3) is 4.71. The predicted molar refractivity (Wildman–Crippen MR) is 225 cm³/mol. The molecule has 0 amide bonds. The molecule has 1 heteroatoms. The van der Waals surface area contributed by atoms with Gasteiger partial charge < -0.3 is 4.42 Å². The smallest absolute Gasteiger partial charge is 0.143 e. The van der Waals surface area contributed by atoms with Crippen LogP contribution in [0, 0.1) is 0 Å². The van der Waals surface area contributed by atoms with Crippen molar-refractivity contribution < 1.29 is 4.42 Å². The molecule has 1 heterocycles. The molecule has 10 aromatic carbocycles. The zero-order chi connectivity index (χ0) is 34.9. The van der Waals surface area contributed by atoms with E-state index in [-0.39, 0.29) is 0 Å². The maximum absolute atomic E-state index is 6.66.